The fourth-order valence-corrected chi connectivity index (χ4v) is 5.98. The van der Waals surface area contributed by atoms with Gasteiger partial charge in [0.25, 0.3) is 0 Å². The fraction of sp³-hybridized carbons (Fsp3) is 0.636. The summed E-state index contributed by atoms with van der Waals surface area (Å²) in [5.74, 6) is 0. The highest BCUT2D eigenvalue weighted by Gasteiger charge is 2.30. The molecule has 0 aliphatic carbocycles. The molecule has 0 saturated carbocycles. The van der Waals surface area contributed by atoms with Gasteiger partial charge in [0.2, 0.25) is 10.0 Å². The zero-order valence-electron chi connectivity index (χ0n) is 11.2. The summed E-state index contributed by atoms with van der Waals surface area (Å²) in [4.78, 5) is 1.11. The maximum atomic E-state index is 12.6. The summed E-state index contributed by atoms with van der Waals surface area (Å²) in [5.41, 5.74) is 5.55. The average Bonchev–Trinajstić information content (AvgIpc) is 2.72. The number of halogens is 1. The molecule has 1 rings (SSSR count). The van der Waals surface area contributed by atoms with Crippen molar-refractivity contribution in [2.45, 2.75) is 31.3 Å². The van der Waals surface area contributed by atoms with Gasteiger partial charge in [-0.2, -0.15) is 4.31 Å². The van der Waals surface area contributed by atoms with Gasteiger partial charge >= 0.3 is 0 Å². The van der Waals surface area contributed by atoms with E-state index in [0.29, 0.717) is 23.5 Å². The van der Waals surface area contributed by atoms with E-state index in [1.54, 1.807) is 13.2 Å². The van der Waals surface area contributed by atoms with Crippen LogP contribution in [0.3, 0.4) is 0 Å². The number of sulfonamides is 1. The van der Waals surface area contributed by atoms with Crippen LogP contribution >= 0.6 is 27.3 Å². The van der Waals surface area contributed by atoms with E-state index in [1.165, 1.54) is 15.6 Å². The van der Waals surface area contributed by atoms with Gasteiger partial charge in [-0.25, -0.2) is 8.42 Å². The minimum Gasteiger partial charge on any atom is -0.383 e. The van der Waals surface area contributed by atoms with E-state index in [1.807, 2.05) is 13.8 Å². The Morgan fingerprint density at radius 1 is 1.58 bits per heavy atom. The van der Waals surface area contributed by atoms with Crippen LogP contribution in [0.15, 0.2) is 14.7 Å². The van der Waals surface area contributed by atoms with Gasteiger partial charge in [0, 0.05) is 31.1 Å². The molecular weight excluding hydrogens is 352 g/mol. The second-order valence-corrected chi connectivity index (χ2v) is 8.38. The summed E-state index contributed by atoms with van der Waals surface area (Å²) in [6.45, 7) is 4.73. The van der Waals surface area contributed by atoms with Gasteiger partial charge in [-0.15, -0.1) is 11.3 Å². The Hall–Kier alpha value is 0.01000. The molecule has 0 bridgehead atoms. The van der Waals surface area contributed by atoms with Crippen molar-refractivity contribution in [2.24, 2.45) is 5.73 Å². The quantitative estimate of drug-likeness (QED) is 0.796. The van der Waals surface area contributed by atoms with Gasteiger partial charge in [0.05, 0.1) is 10.4 Å². The molecule has 0 saturated heterocycles. The van der Waals surface area contributed by atoms with Crippen molar-refractivity contribution in [1.29, 1.82) is 0 Å². The summed E-state index contributed by atoms with van der Waals surface area (Å²) in [5, 5.41) is 0. The summed E-state index contributed by atoms with van der Waals surface area (Å²) < 4.78 is 32.3. The van der Waals surface area contributed by atoms with Gasteiger partial charge in [0.15, 0.2) is 0 Å². The summed E-state index contributed by atoms with van der Waals surface area (Å²) >= 11 is 4.65. The maximum Gasteiger partial charge on any atom is 0.245 e. The maximum absolute atomic E-state index is 12.6. The Morgan fingerprint density at radius 2 is 2.21 bits per heavy atom. The lowest BCUT2D eigenvalue weighted by Gasteiger charge is -2.26. The monoisotopic (exact) mass is 370 g/mol. The molecule has 0 spiro atoms. The second kappa shape index (κ2) is 7.14. The van der Waals surface area contributed by atoms with Crippen molar-refractivity contribution >= 4 is 37.3 Å². The molecule has 5 nitrogen and oxygen atoms in total. The van der Waals surface area contributed by atoms with Crippen molar-refractivity contribution in [1.82, 2.24) is 4.31 Å². The number of nitrogens with two attached hydrogens (primary N) is 1. The predicted molar refractivity (Wildman–Crippen MR) is 80.8 cm³/mol. The molecule has 0 aromatic carbocycles. The molecule has 0 aliphatic heterocycles. The molecule has 0 fully saturated rings. The number of likely N-dealkylation sites (N-methyl/N-ethyl adjacent to an activating group) is 1. The number of ether oxygens (including phenoxy) is 1. The lowest BCUT2D eigenvalue weighted by molar-refractivity contribution is 0.142. The average molecular weight is 371 g/mol. The highest BCUT2D eigenvalue weighted by Crippen LogP contribution is 2.33. The molecule has 1 atom stereocenters. The van der Waals surface area contributed by atoms with E-state index in [-0.39, 0.29) is 10.9 Å². The molecule has 0 radical (unpaired) electrons. The highest BCUT2D eigenvalue weighted by atomic mass is 79.9. The van der Waals surface area contributed by atoms with Gasteiger partial charge < -0.3 is 10.5 Å². The van der Waals surface area contributed by atoms with Gasteiger partial charge in [-0.05, 0) is 28.9 Å². The number of rotatable bonds is 7. The third-order valence-corrected chi connectivity index (χ3v) is 7.07. The lowest BCUT2D eigenvalue weighted by Crippen LogP contribution is -2.40. The van der Waals surface area contributed by atoms with Crippen molar-refractivity contribution in [3.8, 4) is 0 Å². The molecule has 2 N–H and O–H groups in total. The zero-order chi connectivity index (χ0) is 14.6. The molecule has 1 unspecified atom stereocenters. The number of hydrogen-bond donors (Lipinski definition) is 1. The van der Waals surface area contributed by atoms with Crippen LogP contribution in [0.2, 0.25) is 0 Å². The molecule has 8 heteroatoms. The van der Waals surface area contributed by atoms with Crippen LogP contribution in [-0.2, 0) is 21.3 Å². The number of hydrogen-bond acceptors (Lipinski definition) is 5. The molecule has 1 aromatic heterocycles. The predicted octanol–water partition coefficient (Wildman–Crippen LogP) is 2.01. The van der Waals surface area contributed by atoms with E-state index in [9.17, 15) is 8.42 Å². The molecule has 0 aliphatic rings. The van der Waals surface area contributed by atoms with Crippen LogP contribution in [0.25, 0.3) is 0 Å². The van der Waals surface area contributed by atoms with Crippen LogP contribution < -0.4 is 5.73 Å². The largest absolute Gasteiger partial charge is 0.383 e. The van der Waals surface area contributed by atoms with E-state index in [2.05, 4.69) is 15.9 Å². The lowest BCUT2D eigenvalue weighted by atomic mass is 10.4. The van der Waals surface area contributed by atoms with Gasteiger partial charge in [0.1, 0.15) is 4.90 Å². The summed E-state index contributed by atoms with van der Waals surface area (Å²) in [6.07, 6.45) is 0. The van der Waals surface area contributed by atoms with E-state index in [0.717, 1.165) is 4.88 Å². The topological polar surface area (TPSA) is 72.6 Å². The minimum atomic E-state index is -3.53. The van der Waals surface area contributed by atoms with Gasteiger partial charge in [-0.1, -0.05) is 6.92 Å². The number of thiophene rings is 1. The Balaban J connectivity index is 3.16. The third kappa shape index (κ3) is 3.77. The van der Waals surface area contributed by atoms with Crippen molar-refractivity contribution in [2.75, 3.05) is 20.3 Å². The van der Waals surface area contributed by atoms with E-state index >= 15 is 0 Å². The van der Waals surface area contributed by atoms with Crippen LogP contribution in [-0.4, -0.2) is 39.0 Å². The normalized spacial score (nSPS) is 14.0. The summed E-state index contributed by atoms with van der Waals surface area (Å²) in [7, 11) is -1.97. The van der Waals surface area contributed by atoms with Gasteiger partial charge in [-0.3, -0.25) is 0 Å². The van der Waals surface area contributed by atoms with Crippen molar-refractivity contribution in [3.05, 3.63) is 14.7 Å². The molecular formula is C11H19BrN2O3S2. The Bertz CT molecular complexity index is 516. The molecule has 0 amide bonds. The van der Waals surface area contributed by atoms with E-state index in [4.69, 9.17) is 10.5 Å². The Morgan fingerprint density at radius 3 is 2.63 bits per heavy atom. The third-order valence-electron chi connectivity index (χ3n) is 2.71. The van der Waals surface area contributed by atoms with Crippen LogP contribution in [0.4, 0.5) is 0 Å². The number of nitrogens with zero attached hydrogens (tertiary/aromatic N) is 1. The summed E-state index contributed by atoms with van der Waals surface area (Å²) in [6, 6.07) is 1.42. The van der Waals surface area contributed by atoms with Crippen LogP contribution in [0, 0.1) is 0 Å². The fourth-order valence-electron chi connectivity index (χ4n) is 1.84. The highest BCUT2D eigenvalue weighted by molar-refractivity contribution is 9.11. The first-order valence-electron chi connectivity index (χ1n) is 5.87. The van der Waals surface area contributed by atoms with Crippen molar-refractivity contribution < 1.29 is 13.2 Å². The zero-order valence-corrected chi connectivity index (χ0v) is 14.4. The first-order valence-corrected chi connectivity index (χ1v) is 8.92. The SMILES string of the molecule is CCN(C(C)COC)S(=O)(=O)c1cc(CN)sc1Br. The van der Waals surface area contributed by atoms with Crippen LogP contribution in [0.5, 0.6) is 0 Å². The molecule has 1 heterocycles. The first-order chi connectivity index (χ1) is 8.88. The Kier molecular flexibility index (Phi) is 6.41. The first kappa shape index (κ1) is 17.1. The standard InChI is InChI=1S/C11H19BrN2O3S2/c1-4-14(8(2)7-17-3)19(15,16)10-5-9(6-13)18-11(10)12/h5,8H,4,6-7,13H2,1-3H3. The molecule has 19 heavy (non-hydrogen) atoms. The van der Waals surface area contributed by atoms with E-state index < -0.39 is 10.0 Å². The smallest absolute Gasteiger partial charge is 0.245 e. The van der Waals surface area contributed by atoms with Crippen LogP contribution in [0.1, 0.15) is 18.7 Å². The second-order valence-electron chi connectivity index (χ2n) is 4.07. The van der Waals surface area contributed by atoms with Crippen molar-refractivity contribution in [3.63, 3.8) is 0 Å². The molecule has 1 aromatic rings. The molecule has 110 valence electrons. The number of methoxy groups -OCH3 is 1. The minimum absolute atomic E-state index is 0.215. The Labute approximate surface area is 126 Å².